The first-order valence-electron chi connectivity index (χ1n) is 7.51. The predicted molar refractivity (Wildman–Crippen MR) is 85.0 cm³/mol. The van der Waals surface area contributed by atoms with Gasteiger partial charge in [0, 0.05) is 19.1 Å². The van der Waals surface area contributed by atoms with Crippen molar-refractivity contribution < 1.29 is 27.4 Å². The minimum absolute atomic E-state index is 0.0112. The number of rotatable bonds is 6. The molecule has 0 spiro atoms. The Morgan fingerprint density at radius 1 is 1.42 bits per heavy atom. The van der Waals surface area contributed by atoms with Gasteiger partial charge in [0.2, 0.25) is 10.0 Å². The van der Waals surface area contributed by atoms with E-state index in [0.717, 1.165) is 6.07 Å². The number of carbonyl (C=O) groups is 1. The van der Waals surface area contributed by atoms with Crippen molar-refractivity contribution in [1.29, 1.82) is 0 Å². The van der Waals surface area contributed by atoms with E-state index in [4.69, 9.17) is 9.84 Å². The van der Waals surface area contributed by atoms with Crippen LogP contribution < -0.4 is 4.74 Å². The van der Waals surface area contributed by atoms with Crippen LogP contribution in [0, 0.1) is 5.82 Å². The Balaban J connectivity index is 2.07. The third-order valence-electron chi connectivity index (χ3n) is 4.19. The van der Waals surface area contributed by atoms with E-state index in [1.165, 1.54) is 23.5 Å². The number of ether oxygens (including phenoxy) is 1. The van der Waals surface area contributed by atoms with Crippen LogP contribution in [0.15, 0.2) is 23.1 Å². The lowest BCUT2D eigenvalue weighted by Crippen LogP contribution is -2.46. The van der Waals surface area contributed by atoms with Crippen LogP contribution in [0.3, 0.4) is 0 Å². The third kappa shape index (κ3) is 4.03. The molecule has 1 aliphatic heterocycles. The molecular formula is C15H21FN2O5S. The number of nitrogens with zero attached hydrogens (tertiary/aromatic N) is 2. The Morgan fingerprint density at radius 2 is 2.04 bits per heavy atom. The molecule has 24 heavy (non-hydrogen) atoms. The number of hydrogen-bond acceptors (Lipinski definition) is 5. The van der Waals surface area contributed by atoms with Crippen LogP contribution in [0.2, 0.25) is 0 Å². The molecule has 1 saturated heterocycles. The van der Waals surface area contributed by atoms with Gasteiger partial charge in [0.1, 0.15) is 0 Å². The van der Waals surface area contributed by atoms with Gasteiger partial charge in [-0.2, -0.15) is 4.31 Å². The minimum Gasteiger partial charge on any atom is -0.494 e. The van der Waals surface area contributed by atoms with Gasteiger partial charge in [0.05, 0.1) is 18.6 Å². The molecule has 0 aliphatic carbocycles. The number of sulfonamides is 1. The van der Waals surface area contributed by atoms with Crippen molar-refractivity contribution in [3.63, 3.8) is 0 Å². The molecule has 1 N–H and O–H groups in total. The Hall–Kier alpha value is -1.71. The summed E-state index contributed by atoms with van der Waals surface area (Å²) in [5, 5.41) is 8.82. The van der Waals surface area contributed by atoms with Crippen molar-refractivity contribution in [2.45, 2.75) is 23.8 Å². The van der Waals surface area contributed by atoms with Crippen molar-refractivity contribution in [3.05, 3.63) is 24.0 Å². The van der Waals surface area contributed by atoms with Crippen molar-refractivity contribution in [3.8, 4) is 5.75 Å². The molecule has 1 fully saturated rings. The average molecular weight is 360 g/mol. The Morgan fingerprint density at radius 3 is 2.54 bits per heavy atom. The normalized spacial score (nSPS) is 17.2. The van der Waals surface area contributed by atoms with Gasteiger partial charge in [-0.05, 0) is 38.1 Å². The van der Waals surface area contributed by atoms with Crippen molar-refractivity contribution >= 4 is 16.0 Å². The maximum atomic E-state index is 13.8. The molecule has 0 unspecified atom stereocenters. The summed E-state index contributed by atoms with van der Waals surface area (Å²) in [6.07, 6.45) is 1.06. The first kappa shape index (κ1) is 18.6. The summed E-state index contributed by atoms with van der Waals surface area (Å²) < 4.78 is 45.1. The van der Waals surface area contributed by atoms with E-state index in [2.05, 4.69) is 0 Å². The largest absolute Gasteiger partial charge is 0.494 e. The highest BCUT2D eigenvalue weighted by Crippen LogP contribution is 2.26. The number of hydrogen-bond donors (Lipinski definition) is 1. The maximum absolute atomic E-state index is 13.8. The second-order valence-electron chi connectivity index (χ2n) is 5.74. The molecular weight excluding hydrogens is 339 g/mol. The van der Waals surface area contributed by atoms with E-state index < -0.39 is 21.8 Å². The lowest BCUT2D eigenvalue weighted by molar-refractivity contribution is -0.138. The van der Waals surface area contributed by atoms with Crippen molar-refractivity contribution in [2.75, 3.05) is 33.8 Å². The van der Waals surface area contributed by atoms with Crippen LogP contribution in [-0.2, 0) is 14.8 Å². The van der Waals surface area contributed by atoms with Crippen molar-refractivity contribution in [2.24, 2.45) is 0 Å². The zero-order valence-electron chi connectivity index (χ0n) is 13.6. The summed E-state index contributed by atoms with van der Waals surface area (Å²) >= 11 is 0. The molecule has 1 aliphatic rings. The summed E-state index contributed by atoms with van der Waals surface area (Å²) in [7, 11) is -0.758. The lowest BCUT2D eigenvalue weighted by atomic mass is 10.1. The Bertz CT molecular complexity index is 702. The molecule has 0 radical (unpaired) electrons. The van der Waals surface area contributed by atoms with Crippen LogP contribution in [0.25, 0.3) is 0 Å². The average Bonchev–Trinajstić information content (AvgIpc) is 2.54. The first-order valence-corrected chi connectivity index (χ1v) is 8.95. The molecule has 0 atom stereocenters. The molecule has 2 rings (SSSR count). The van der Waals surface area contributed by atoms with Crippen LogP contribution in [-0.4, -0.2) is 68.5 Å². The van der Waals surface area contributed by atoms with E-state index in [1.807, 2.05) is 0 Å². The highest BCUT2D eigenvalue weighted by Gasteiger charge is 2.31. The van der Waals surface area contributed by atoms with Gasteiger partial charge >= 0.3 is 5.97 Å². The van der Waals surface area contributed by atoms with Gasteiger partial charge in [0.25, 0.3) is 0 Å². The summed E-state index contributed by atoms with van der Waals surface area (Å²) in [4.78, 5) is 12.3. The van der Waals surface area contributed by atoms with Crippen LogP contribution >= 0.6 is 0 Å². The molecule has 9 heteroatoms. The molecule has 0 saturated carbocycles. The predicted octanol–water partition coefficient (Wildman–Crippen LogP) is 1.00. The zero-order valence-corrected chi connectivity index (χ0v) is 14.4. The summed E-state index contributed by atoms with van der Waals surface area (Å²) in [6, 6.07) is 3.58. The number of carboxylic acids is 1. The second-order valence-corrected chi connectivity index (χ2v) is 7.68. The van der Waals surface area contributed by atoms with Crippen LogP contribution in [0.4, 0.5) is 4.39 Å². The Kier molecular flexibility index (Phi) is 5.79. The number of carboxylic acid groups (broad SMARTS) is 1. The number of likely N-dealkylation sites (N-methyl/N-ethyl adjacent to an activating group) is 1. The number of piperidine rings is 1. The number of halogens is 1. The van der Waals surface area contributed by atoms with E-state index in [1.54, 1.807) is 11.9 Å². The molecule has 0 amide bonds. The van der Waals surface area contributed by atoms with Gasteiger partial charge in [-0.3, -0.25) is 9.69 Å². The monoisotopic (exact) mass is 360 g/mol. The molecule has 1 aromatic carbocycles. The minimum atomic E-state index is -3.78. The fourth-order valence-corrected chi connectivity index (χ4v) is 4.30. The second kappa shape index (κ2) is 7.45. The lowest BCUT2D eigenvalue weighted by Gasteiger charge is -2.35. The fraction of sp³-hybridized carbons (Fsp3) is 0.533. The van der Waals surface area contributed by atoms with Gasteiger partial charge in [-0.15, -0.1) is 0 Å². The van der Waals surface area contributed by atoms with Crippen molar-refractivity contribution in [1.82, 2.24) is 9.21 Å². The summed E-state index contributed by atoms with van der Waals surface area (Å²) in [5.74, 6) is -1.65. The fourth-order valence-electron chi connectivity index (χ4n) is 2.82. The molecule has 1 heterocycles. The highest BCUT2D eigenvalue weighted by atomic mass is 32.2. The molecule has 1 aromatic rings. The van der Waals surface area contributed by atoms with Gasteiger partial charge < -0.3 is 9.84 Å². The zero-order chi connectivity index (χ0) is 17.9. The molecule has 0 bridgehead atoms. The number of benzene rings is 1. The van der Waals surface area contributed by atoms with Crippen LogP contribution in [0.5, 0.6) is 5.75 Å². The summed E-state index contributed by atoms with van der Waals surface area (Å²) in [6.45, 7) is 0.455. The topological polar surface area (TPSA) is 87.2 Å². The molecule has 134 valence electrons. The number of aliphatic carboxylic acids is 1. The van der Waals surface area contributed by atoms with Crippen LogP contribution in [0.1, 0.15) is 12.8 Å². The van der Waals surface area contributed by atoms with Gasteiger partial charge in [0.15, 0.2) is 11.6 Å². The molecule has 0 aromatic heterocycles. The van der Waals surface area contributed by atoms with E-state index in [-0.39, 0.29) is 36.3 Å². The van der Waals surface area contributed by atoms with Gasteiger partial charge in [-0.25, -0.2) is 12.8 Å². The third-order valence-corrected chi connectivity index (χ3v) is 6.09. The van der Waals surface area contributed by atoms with E-state index in [0.29, 0.717) is 12.8 Å². The Labute approximate surface area is 140 Å². The van der Waals surface area contributed by atoms with E-state index >= 15 is 0 Å². The highest BCUT2D eigenvalue weighted by molar-refractivity contribution is 7.89. The first-order chi connectivity index (χ1) is 11.3. The van der Waals surface area contributed by atoms with E-state index in [9.17, 15) is 17.6 Å². The SMILES string of the molecule is COc1ccc(S(=O)(=O)N2CCC(N(C)CC(=O)O)CC2)cc1F. The molecule has 7 nitrogen and oxygen atoms in total. The summed E-state index contributed by atoms with van der Waals surface area (Å²) in [5.41, 5.74) is 0. The smallest absolute Gasteiger partial charge is 0.317 e. The van der Waals surface area contributed by atoms with Gasteiger partial charge in [-0.1, -0.05) is 0 Å². The quantitative estimate of drug-likeness (QED) is 0.815. The maximum Gasteiger partial charge on any atom is 0.317 e. The standard InChI is InChI=1S/C15H21FN2O5S/c1-17(10-15(19)20)11-5-7-18(8-6-11)24(21,22)12-3-4-14(23-2)13(16)9-12/h3-4,9,11H,5-8,10H2,1-2H3,(H,19,20). The number of methoxy groups -OCH3 is 1.